The lowest BCUT2D eigenvalue weighted by atomic mass is 9.98. The average molecular weight is 398 g/mol. The number of hydrogen-bond donors (Lipinski definition) is 0. The number of nitrogens with zero attached hydrogens (tertiary/aromatic N) is 2. The van der Waals surface area contributed by atoms with Gasteiger partial charge in [-0.1, -0.05) is 0 Å². The highest BCUT2D eigenvalue weighted by Gasteiger charge is 2.30. The van der Waals surface area contributed by atoms with Crippen molar-refractivity contribution in [3.63, 3.8) is 0 Å². The summed E-state index contributed by atoms with van der Waals surface area (Å²) in [5.74, 6) is 0.288. The van der Waals surface area contributed by atoms with E-state index in [0.29, 0.717) is 24.6 Å². The van der Waals surface area contributed by atoms with Crippen molar-refractivity contribution in [2.24, 2.45) is 5.92 Å². The molecule has 3 aromatic rings. The van der Waals surface area contributed by atoms with Crippen LogP contribution in [-0.2, 0) is 9.53 Å². The summed E-state index contributed by atoms with van der Waals surface area (Å²) in [7, 11) is 1.64. The third-order valence-electron chi connectivity index (χ3n) is 5.05. The number of rotatable bonds is 4. The molecule has 6 nitrogen and oxygen atoms in total. The van der Waals surface area contributed by atoms with Crippen LogP contribution < -0.4 is 4.74 Å². The third kappa shape index (κ3) is 3.54. The second-order valence-corrected chi connectivity index (χ2v) is 7.93. The average Bonchev–Trinajstić information content (AvgIpc) is 3.14. The Hall–Kier alpha value is -2.67. The molecule has 7 heteroatoms. The van der Waals surface area contributed by atoms with Crippen molar-refractivity contribution >= 4 is 44.3 Å². The highest BCUT2D eigenvalue weighted by Crippen LogP contribution is 2.30. The Morgan fingerprint density at radius 1 is 1.25 bits per heavy atom. The van der Waals surface area contributed by atoms with Gasteiger partial charge in [0.2, 0.25) is 0 Å². The molecule has 1 fully saturated rings. The van der Waals surface area contributed by atoms with E-state index in [1.165, 1.54) is 11.3 Å². The molecule has 0 aliphatic carbocycles. The van der Waals surface area contributed by atoms with E-state index in [9.17, 15) is 9.59 Å². The first kappa shape index (κ1) is 18.7. The third-order valence-corrected chi connectivity index (χ3v) is 6.08. The van der Waals surface area contributed by atoms with Crippen LogP contribution in [0.2, 0.25) is 0 Å². The van der Waals surface area contributed by atoms with Crippen LogP contribution in [0.5, 0.6) is 5.75 Å². The van der Waals surface area contributed by atoms with Crippen LogP contribution in [0.1, 0.15) is 29.4 Å². The predicted octanol–water partition coefficient (Wildman–Crippen LogP) is 3.87. The number of pyridine rings is 1. The van der Waals surface area contributed by atoms with Gasteiger partial charge in [0.1, 0.15) is 10.6 Å². The molecule has 1 saturated heterocycles. The van der Waals surface area contributed by atoms with Crippen molar-refractivity contribution in [2.75, 3.05) is 26.8 Å². The van der Waals surface area contributed by atoms with Crippen molar-refractivity contribution in [1.82, 2.24) is 9.88 Å². The highest BCUT2D eigenvalue weighted by molar-refractivity contribution is 7.20. The van der Waals surface area contributed by atoms with Crippen LogP contribution in [-0.4, -0.2) is 48.6 Å². The molecule has 4 rings (SSSR count). The number of ether oxygens (including phenoxy) is 2. The van der Waals surface area contributed by atoms with Gasteiger partial charge in [-0.15, -0.1) is 11.3 Å². The van der Waals surface area contributed by atoms with Crippen molar-refractivity contribution in [3.05, 3.63) is 35.2 Å². The second-order valence-electron chi connectivity index (χ2n) is 6.89. The van der Waals surface area contributed by atoms with Gasteiger partial charge in [-0.05, 0) is 50.1 Å². The summed E-state index contributed by atoms with van der Waals surface area (Å²) in [4.78, 5) is 33.0. The molecule has 0 radical (unpaired) electrons. The first-order valence-electron chi connectivity index (χ1n) is 9.43. The standard InChI is InChI=1S/C21H22N2O4S/c1-3-27-21(25)13-5-4-8-23(12-13)20(24)18-11-15-9-14-10-16(26-2)6-7-17(14)22-19(15)28-18/h6-7,9-11,13H,3-5,8,12H2,1-2H3. The van der Waals surface area contributed by atoms with E-state index < -0.39 is 0 Å². The molecule has 1 atom stereocenters. The zero-order valence-corrected chi connectivity index (χ0v) is 16.8. The highest BCUT2D eigenvalue weighted by atomic mass is 32.1. The minimum Gasteiger partial charge on any atom is -0.497 e. The lowest BCUT2D eigenvalue weighted by molar-refractivity contribution is -0.149. The Morgan fingerprint density at radius 2 is 2.11 bits per heavy atom. The number of piperidine rings is 1. The number of aromatic nitrogens is 1. The summed E-state index contributed by atoms with van der Waals surface area (Å²) in [6.07, 6.45) is 1.58. The summed E-state index contributed by atoms with van der Waals surface area (Å²) in [6, 6.07) is 9.66. The van der Waals surface area contributed by atoms with Gasteiger partial charge in [0.25, 0.3) is 5.91 Å². The van der Waals surface area contributed by atoms with Gasteiger partial charge < -0.3 is 14.4 Å². The number of carbonyl (C=O) groups is 2. The van der Waals surface area contributed by atoms with E-state index in [-0.39, 0.29) is 17.8 Å². The van der Waals surface area contributed by atoms with E-state index in [4.69, 9.17) is 9.47 Å². The number of benzene rings is 1. The molecule has 0 spiro atoms. The van der Waals surface area contributed by atoms with Crippen molar-refractivity contribution in [2.45, 2.75) is 19.8 Å². The molecule has 1 aliphatic rings. The fourth-order valence-corrected chi connectivity index (χ4v) is 4.61. The summed E-state index contributed by atoms with van der Waals surface area (Å²) in [6.45, 7) is 3.24. The molecule has 0 saturated carbocycles. The van der Waals surface area contributed by atoms with Gasteiger partial charge in [-0.3, -0.25) is 9.59 Å². The van der Waals surface area contributed by atoms with Crippen LogP contribution in [0.15, 0.2) is 30.3 Å². The molecule has 0 N–H and O–H groups in total. The summed E-state index contributed by atoms with van der Waals surface area (Å²) < 4.78 is 10.4. The first-order chi connectivity index (χ1) is 13.6. The molecule has 1 amide bonds. The van der Waals surface area contributed by atoms with Crippen LogP contribution in [0.4, 0.5) is 0 Å². The normalized spacial score (nSPS) is 17.1. The zero-order chi connectivity index (χ0) is 19.7. The van der Waals surface area contributed by atoms with E-state index in [1.54, 1.807) is 18.9 Å². The molecule has 146 valence electrons. The predicted molar refractivity (Wildman–Crippen MR) is 109 cm³/mol. The summed E-state index contributed by atoms with van der Waals surface area (Å²) in [5.41, 5.74) is 0.870. The maximum Gasteiger partial charge on any atom is 0.310 e. The number of hydrogen-bond acceptors (Lipinski definition) is 6. The van der Waals surface area contributed by atoms with Crippen LogP contribution in [0, 0.1) is 5.92 Å². The number of esters is 1. The molecule has 1 unspecified atom stereocenters. The van der Waals surface area contributed by atoms with Crippen LogP contribution in [0.3, 0.4) is 0 Å². The number of fused-ring (bicyclic) bond motifs is 2. The van der Waals surface area contributed by atoms with Gasteiger partial charge in [0.05, 0.1) is 30.0 Å². The fourth-order valence-electron chi connectivity index (χ4n) is 3.62. The van der Waals surface area contributed by atoms with E-state index in [2.05, 4.69) is 4.98 Å². The molecule has 0 bridgehead atoms. The summed E-state index contributed by atoms with van der Waals surface area (Å²) >= 11 is 1.39. The van der Waals surface area contributed by atoms with Gasteiger partial charge in [-0.2, -0.15) is 0 Å². The quantitative estimate of drug-likeness (QED) is 0.624. The molecule has 1 aliphatic heterocycles. The fraction of sp³-hybridized carbons (Fsp3) is 0.381. The Morgan fingerprint density at radius 3 is 2.89 bits per heavy atom. The number of likely N-dealkylation sites (tertiary alicyclic amines) is 1. The van der Waals surface area contributed by atoms with Gasteiger partial charge in [0.15, 0.2) is 0 Å². The zero-order valence-electron chi connectivity index (χ0n) is 15.9. The van der Waals surface area contributed by atoms with Crippen LogP contribution in [0.25, 0.3) is 21.1 Å². The maximum absolute atomic E-state index is 13.0. The van der Waals surface area contributed by atoms with E-state index in [1.807, 2.05) is 30.3 Å². The lowest BCUT2D eigenvalue weighted by Crippen LogP contribution is -2.42. The smallest absolute Gasteiger partial charge is 0.310 e. The lowest BCUT2D eigenvalue weighted by Gasteiger charge is -2.31. The van der Waals surface area contributed by atoms with Gasteiger partial charge >= 0.3 is 5.97 Å². The number of methoxy groups -OCH3 is 1. The maximum atomic E-state index is 13.0. The monoisotopic (exact) mass is 398 g/mol. The topological polar surface area (TPSA) is 68.7 Å². The SMILES string of the molecule is CCOC(=O)C1CCCN(C(=O)c2cc3cc4cc(OC)ccc4nc3s2)C1. The van der Waals surface area contributed by atoms with E-state index in [0.717, 1.165) is 39.7 Å². The second kappa shape index (κ2) is 7.75. The minimum absolute atomic E-state index is 0.0429. The Balaban J connectivity index is 1.60. The Bertz CT molecular complexity index is 1050. The van der Waals surface area contributed by atoms with E-state index >= 15 is 0 Å². The molecule has 3 heterocycles. The van der Waals surface area contributed by atoms with Crippen molar-refractivity contribution < 1.29 is 19.1 Å². The van der Waals surface area contributed by atoms with Crippen molar-refractivity contribution in [3.8, 4) is 5.75 Å². The van der Waals surface area contributed by atoms with Crippen molar-refractivity contribution in [1.29, 1.82) is 0 Å². The minimum atomic E-state index is -0.236. The molecule has 2 aromatic heterocycles. The van der Waals surface area contributed by atoms with Crippen LogP contribution >= 0.6 is 11.3 Å². The summed E-state index contributed by atoms with van der Waals surface area (Å²) in [5, 5.41) is 1.91. The molecular formula is C21H22N2O4S. The van der Waals surface area contributed by atoms with Gasteiger partial charge in [0, 0.05) is 23.9 Å². The van der Waals surface area contributed by atoms with Gasteiger partial charge in [-0.25, -0.2) is 4.98 Å². The Labute approximate surface area is 167 Å². The number of amides is 1. The Kier molecular flexibility index (Phi) is 5.17. The molecular weight excluding hydrogens is 376 g/mol. The largest absolute Gasteiger partial charge is 0.497 e. The molecule has 28 heavy (non-hydrogen) atoms. The molecule has 1 aromatic carbocycles. The number of thiophene rings is 1. The first-order valence-corrected chi connectivity index (χ1v) is 10.2. The number of carbonyl (C=O) groups excluding carboxylic acids is 2.